The quantitative estimate of drug-likeness (QED) is 0.882. The fraction of sp³-hybridized carbons (Fsp3) is 0.667. The fourth-order valence-electron chi connectivity index (χ4n) is 3.49. The van der Waals surface area contributed by atoms with Crippen LogP contribution < -0.4 is 5.73 Å². The maximum Gasteiger partial charge on any atom is 0.0499 e. The van der Waals surface area contributed by atoms with Gasteiger partial charge in [0.25, 0.3) is 0 Å². The van der Waals surface area contributed by atoms with E-state index in [1.807, 2.05) is 0 Å². The maximum atomic E-state index is 6.48. The standard InChI is InChI=1S/C18H30N2/c1-4-15-9-7-11-20(13-15)18(17(19)5-2)16-10-6-8-14(3)12-16/h6,8,10,12,15,17-18H,4-5,7,9,11,13,19H2,1-3H3. The highest BCUT2D eigenvalue weighted by Crippen LogP contribution is 2.31. The van der Waals surface area contributed by atoms with Gasteiger partial charge in [0.05, 0.1) is 0 Å². The van der Waals surface area contributed by atoms with E-state index in [1.165, 1.54) is 43.5 Å². The Kier molecular flexibility index (Phi) is 5.62. The third-order valence-electron chi connectivity index (χ3n) is 4.78. The van der Waals surface area contributed by atoms with E-state index in [2.05, 4.69) is 49.9 Å². The van der Waals surface area contributed by atoms with Crippen LogP contribution in [0.25, 0.3) is 0 Å². The molecule has 0 aromatic heterocycles. The van der Waals surface area contributed by atoms with Crippen molar-refractivity contribution < 1.29 is 0 Å². The van der Waals surface area contributed by atoms with Crippen LogP contribution in [0, 0.1) is 12.8 Å². The van der Waals surface area contributed by atoms with E-state index in [9.17, 15) is 0 Å². The van der Waals surface area contributed by atoms with E-state index in [-0.39, 0.29) is 6.04 Å². The Labute approximate surface area is 124 Å². The van der Waals surface area contributed by atoms with Crippen LogP contribution in [-0.4, -0.2) is 24.0 Å². The summed E-state index contributed by atoms with van der Waals surface area (Å²) in [6.45, 7) is 9.10. The van der Waals surface area contributed by atoms with E-state index in [0.717, 1.165) is 12.3 Å². The summed E-state index contributed by atoms with van der Waals surface area (Å²) in [5, 5.41) is 0. The second-order valence-corrected chi connectivity index (χ2v) is 6.34. The van der Waals surface area contributed by atoms with Gasteiger partial charge in [-0.15, -0.1) is 0 Å². The molecule has 3 unspecified atom stereocenters. The highest BCUT2D eigenvalue weighted by Gasteiger charge is 2.29. The molecular formula is C18H30N2. The largest absolute Gasteiger partial charge is 0.326 e. The molecule has 2 heteroatoms. The van der Waals surface area contributed by atoms with Crippen LogP contribution in [0.5, 0.6) is 0 Å². The zero-order chi connectivity index (χ0) is 14.5. The Morgan fingerprint density at radius 3 is 2.80 bits per heavy atom. The molecule has 2 nitrogen and oxygen atoms in total. The summed E-state index contributed by atoms with van der Waals surface area (Å²) in [7, 11) is 0. The maximum absolute atomic E-state index is 6.48. The first-order chi connectivity index (χ1) is 9.65. The molecule has 1 aliphatic rings. The number of piperidine rings is 1. The van der Waals surface area contributed by atoms with Gasteiger partial charge in [-0.25, -0.2) is 0 Å². The Balaban J connectivity index is 2.23. The number of rotatable bonds is 5. The van der Waals surface area contributed by atoms with Crippen LogP contribution in [0.4, 0.5) is 0 Å². The number of benzene rings is 1. The van der Waals surface area contributed by atoms with Crippen LogP contribution in [0.3, 0.4) is 0 Å². The lowest BCUT2D eigenvalue weighted by Gasteiger charge is -2.41. The fourth-order valence-corrected chi connectivity index (χ4v) is 3.49. The van der Waals surface area contributed by atoms with E-state index in [1.54, 1.807) is 0 Å². The molecule has 112 valence electrons. The molecule has 2 rings (SSSR count). The number of hydrogen-bond acceptors (Lipinski definition) is 2. The minimum absolute atomic E-state index is 0.229. The zero-order valence-electron chi connectivity index (χ0n) is 13.3. The zero-order valence-corrected chi connectivity index (χ0v) is 13.3. The lowest BCUT2D eigenvalue weighted by Crippen LogP contribution is -2.45. The van der Waals surface area contributed by atoms with Gasteiger partial charge < -0.3 is 5.73 Å². The molecule has 0 radical (unpaired) electrons. The van der Waals surface area contributed by atoms with E-state index in [0.29, 0.717) is 6.04 Å². The number of hydrogen-bond donors (Lipinski definition) is 1. The molecule has 3 atom stereocenters. The molecule has 20 heavy (non-hydrogen) atoms. The second-order valence-electron chi connectivity index (χ2n) is 6.34. The van der Waals surface area contributed by atoms with Gasteiger partial charge in [0.15, 0.2) is 0 Å². The SMILES string of the molecule is CCC1CCCN(C(c2cccc(C)c2)C(N)CC)C1. The molecule has 1 heterocycles. The summed E-state index contributed by atoms with van der Waals surface area (Å²) in [5.74, 6) is 0.847. The van der Waals surface area contributed by atoms with Gasteiger partial charge in [-0.3, -0.25) is 4.90 Å². The molecule has 0 aliphatic carbocycles. The molecule has 0 spiro atoms. The van der Waals surface area contributed by atoms with Crippen molar-refractivity contribution in [2.45, 2.75) is 58.5 Å². The van der Waals surface area contributed by atoms with E-state index >= 15 is 0 Å². The highest BCUT2D eigenvalue weighted by molar-refractivity contribution is 5.26. The number of aryl methyl sites for hydroxylation is 1. The molecule has 2 N–H and O–H groups in total. The molecule has 0 amide bonds. The van der Waals surface area contributed by atoms with Gasteiger partial charge >= 0.3 is 0 Å². The van der Waals surface area contributed by atoms with Gasteiger partial charge in [-0.1, -0.05) is 50.1 Å². The molecule has 1 aliphatic heterocycles. The van der Waals surface area contributed by atoms with Crippen molar-refractivity contribution >= 4 is 0 Å². The van der Waals surface area contributed by atoms with Crippen molar-refractivity contribution in [2.75, 3.05) is 13.1 Å². The normalized spacial score (nSPS) is 23.5. The predicted molar refractivity (Wildman–Crippen MR) is 86.8 cm³/mol. The first-order valence-corrected chi connectivity index (χ1v) is 8.21. The Morgan fingerprint density at radius 2 is 2.15 bits per heavy atom. The van der Waals surface area contributed by atoms with Gasteiger partial charge in [-0.2, -0.15) is 0 Å². The minimum Gasteiger partial charge on any atom is -0.326 e. The summed E-state index contributed by atoms with van der Waals surface area (Å²) < 4.78 is 0. The average Bonchev–Trinajstić information content (AvgIpc) is 2.47. The minimum atomic E-state index is 0.229. The second kappa shape index (κ2) is 7.24. The van der Waals surface area contributed by atoms with Crippen LogP contribution in [-0.2, 0) is 0 Å². The highest BCUT2D eigenvalue weighted by atomic mass is 15.2. The molecule has 1 saturated heterocycles. The predicted octanol–water partition coefficient (Wildman–Crippen LogP) is 3.90. The lowest BCUT2D eigenvalue weighted by molar-refractivity contribution is 0.104. The smallest absolute Gasteiger partial charge is 0.0499 e. The third-order valence-corrected chi connectivity index (χ3v) is 4.78. The van der Waals surface area contributed by atoms with Crippen LogP contribution in [0.1, 0.15) is 56.7 Å². The van der Waals surface area contributed by atoms with Crippen LogP contribution in [0.15, 0.2) is 24.3 Å². The lowest BCUT2D eigenvalue weighted by atomic mass is 9.89. The van der Waals surface area contributed by atoms with Crippen LogP contribution >= 0.6 is 0 Å². The van der Waals surface area contributed by atoms with Crippen LogP contribution in [0.2, 0.25) is 0 Å². The Bertz CT molecular complexity index is 416. The first-order valence-electron chi connectivity index (χ1n) is 8.21. The Morgan fingerprint density at radius 1 is 1.35 bits per heavy atom. The average molecular weight is 274 g/mol. The van der Waals surface area contributed by atoms with Crippen molar-refractivity contribution in [3.63, 3.8) is 0 Å². The van der Waals surface area contributed by atoms with E-state index < -0.39 is 0 Å². The van der Waals surface area contributed by atoms with Gasteiger partial charge in [0.1, 0.15) is 0 Å². The van der Waals surface area contributed by atoms with Gasteiger partial charge in [0, 0.05) is 18.6 Å². The molecule has 1 aromatic carbocycles. The summed E-state index contributed by atoms with van der Waals surface area (Å²) in [5.41, 5.74) is 9.21. The molecule has 0 bridgehead atoms. The molecular weight excluding hydrogens is 244 g/mol. The monoisotopic (exact) mass is 274 g/mol. The topological polar surface area (TPSA) is 29.3 Å². The van der Waals surface area contributed by atoms with Gasteiger partial charge in [0.2, 0.25) is 0 Å². The Hall–Kier alpha value is -0.860. The summed E-state index contributed by atoms with van der Waals surface area (Å²) in [6, 6.07) is 9.52. The summed E-state index contributed by atoms with van der Waals surface area (Å²) in [4.78, 5) is 2.64. The van der Waals surface area contributed by atoms with Crippen molar-refractivity contribution in [3.8, 4) is 0 Å². The van der Waals surface area contributed by atoms with Gasteiger partial charge in [-0.05, 0) is 44.2 Å². The number of likely N-dealkylation sites (tertiary alicyclic amines) is 1. The molecule has 1 aromatic rings. The van der Waals surface area contributed by atoms with Crippen molar-refractivity contribution in [2.24, 2.45) is 11.7 Å². The van der Waals surface area contributed by atoms with Crippen molar-refractivity contribution in [1.29, 1.82) is 0 Å². The molecule has 0 saturated carbocycles. The number of nitrogens with zero attached hydrogens (tertiary/aromatic N) is 1. The summed E-state index contributed by atoms with van der Waals surface area (Å²) in [6.07, 6.45) is 5.02. The third kappa shape index (κ3) is 3.62. The molecule has 1 fully saturated rings. The first kappa shape index (κ1) is 15.5. The van der Waals surface area contributed by atoms with Crippen molar-refractivity contribution in [3.05, 3.63) is 35.4 Å². The van der Waals surface area contributed by atoms with Crippen molar-refractivity contribution in [1.82, 2.24) is 4.90 Å². The number of nitrogens with two attached hydrogens (primary N) is 1. The van der Waals surface area contributed by atoms with E-state index in [4.69, 9.17) is 5.73 Å². The summed E-state index contributed by atoms with van der Waals surface area (Å²) >= 11 is 0.